The number of aromatic nitrogens is 1. The largest absolute Gasteiger partial charge is 0.252 e. The van der Waals surface area contributed by atoms with Crippen LogP contribution < -0.4 is 0 Å². The van der Waals surface area contributed by atoms with Gasteiger partial charge in [0.1, 0.15) is 0 Å². The van der Waals surface area contributed by atoms with Crippen molar-refractivity contribution in [3.63, 3.8) is 0 Å². The first-order valence-corrected chi connectivity index (χ1v) is 12.3. The quantitative estimate of drug-likeness (QED) is 0.286. The van der Waals surface area contributed by atoms with Crippen LogP contribution in [0.25, 0.3) is 33.2 Å². The summed E-state index contributed by atoms with van der Waals surface area (Å²) >= 11 is 0. The van der Waals surface area contributed by atoms with E-state index in [4.69, 9.17) is 4.98 Å². The number of benzene rings is 3. The van der Waals surface area contributed by atoms with Crippen molar-refractivity contribution in [3.05, 3.63) is 88.6 Å². The molecule has 1 heteroatoms. The fraction of sp³-hybridized carbons (Fsp3) is 0.323. The average molecular weight is 418 g/mol. The lowest BCUT2D eigenvalue weighted by Crippen LogP contribution is -2.01. The van der Waals surface area contributed by atoms with Gasteiger partial charge in [-0.25, -0.2) is 0 Å². The van der Waals surface area contributed by atoms with E-state index < -0.39 is 0 Å². The number of pyridine rings is 1. The molecule has 1 aromatic heterocycles. The molecule has 1 fully saturated rings. The summed E-state index contributed by atoms with van der Waals surface area (Å²) in [4.78, 5) is 5.41. The Bertz CT molecular complexity index is 1340. The smallest absolute Gasteiger partial charge is 0.0786 e. The van der Waals surface area contributed by atoms with Crippen molar-refractivity contribution in [1.29, 1.82) is 0 Å². The molecule has 0 unspecified atom stereocenters. The number of aryl methyl sites for hydroxylation is 1. The molecule has 0 spiro atoms. The van der Waals surface area contributed by atoms with Crippen LogP contribution in [0.15, 0.2) is 60.7 Å². The van der Waals surface area contributed by atoms with Gasteiger partial charge < -0.3 is 0 Å². The second-order valence-electron chi connectivity index (χ2n) is 10.2. The molecule has 4 aromatic rings. The highest BCUT2D eigenvalue weighted by molar-refractivity contribution is 5.98. The average Bonchev–Trinajstić information content (AvgIpc) is 3.46. The molecule has 6 rings (SSSR count). The fourth-order valence-corrected chi connectivity index (χ4v) is 5.88. The summed E-state index contributed by atoms with van der Waals surface area (Å²) < 4.78 is 0. The highest BCUT2D eigenvalue weighted by atomic mass is 14.7. The molecule has 0 aliphatic heterocycles. The lowest BCUT2D eigenvalue weighted by atomic mass is 9.91. The van der Waals surface area contributed by atoms with Crippen LogP contribution in [-0.2, 0) is 6.42 Å². The molecule has 2 aliphatic rings. The van der Waals surface area contributed by atoms with E-state index in [2.05, 4.69) is 81.4 Å². The molecular weight excluding hydrogens is 386 g/mol. The normalized spacial score (nSPS) is 15.5. The molecule has 1 nitrogen and oxygen atoms in total. The molecule has 0 bridgehead atoms. The Morgan fingerprint density at radius 2 is 1.62 bits per heavy atom. The molecule has 2 aliphatic carbocycles. The molecule has 0 saturated heterocycles. The summed E-state index contributed by atoms with van der Waals surface area (Å²) in [6.07, 6.45) is 6.22. The zero-order chi connectivity index (χ0) is 21.8. The Balaban J connectivity index is 1.62. The van der Waals surface area contributed by atoms with Gasteiger partial charge in [0, 0.05) is 22.6 Å². The first-order chi connectivity index (χ1) is 15.6. The zero-order valence-corrected chi connectivity index (χ0v) is 19.4. The van der Waals surface area contributed by atoms with E-state index >= 15 is 0 Å². The standard InChI is InChI=1S/C31H31N/c1-19(2)22-12-13-26-24(16-22)18-30(21-8-4-5-9-21)32-31(26)29-15-20(3)14-27-25-11-7-6-10-23(25)17-28(27)29/h6-7,10-16,18-19,21H,4-5,8-9,17H2,1-3H3. The van der Waals surface area contributed by atoms with Crippen LogP contribution in [0.2, 0.25) is 0 Å². The van der Waals surface area contributed by atoms with Gasteiger partial charge in [0.25, 0.3) is 0 Å². The maximum atomic E-state index is 5.41. The van der Waals surface area contributed by atoms with Crippen LogP contribution >= 0.6 is 0 Å². The molecule has 3 aromatic carbocycles. The van der Waals surface area contributed by atoms with Crippen LogP contribution in [0.1, 0.15) is 79.3 Å². The lowest BCUT2D eigenvalue weighted by Gasteiger charge is -2.18. The van der Waals surface area contributed by atoms with E-state index in [1.807, 2.05) is 0 Å². The van der Waals surface area contributed by atoms with Gasteiger partial charge in [-0.2, -0.15) is 0 Å². The monoisotopic (exact) mass is 417 g/mol. The molecule has 1 heterocycles. The van der Waals surface area contributed by atoms with Crippen LogP contribution in [0, 0.1) is 6.92 Å². The van der Waals surface area contributed by atoms with Crippen molar-refractivity contribution >= 4 is 10.8 Å². The van der Waals surface area contributed by atoms with Crippen LogP contribution in [0.3, 0.4) is 0 Å². The molecule has 160 valence electrons. The predicted octanol–water partition coefficient (Wildman–Crippen LogP) is 8.56. The molecule has 0 amide bonds. The first kappa shape index (κ1) is 19.7. The topological polar surface area (TPSA) is 12.9 Å². The Labute approximate surface area is 191 Å². The number of fused-ring (bicyclic) bond motifs is 4. The van der Waals surface area contributed by atoms with Crippen molar-refractivity contribution in [2.24, 2.45) is 0 Å². The minimum atomic E-state index is 0.531. The van der Waals surface area contributed by atoms with Crippen molar-refractivity contribution < 1.29 is 0 Å². The summed E-state index contributed by atoms with van der Waals surface area (Å²) in [6.45, 7) is 6.79. The van der Waals surface area contributed by atoms with Crippen molar-refractivity contribution in [2.45, 2.75) is 64.7 Å². The molecule has 0 atom stereocenters. The van der Waals surface area contributed by atoms with Gasteiger partial charge in [-0.15, -0.1) is 0 Å². The predicted molar refractivity (Wildman–Crippen MR) is 135 cm³/mol. The van der Waals surface area contributed by atoms with Gasteiger partial charge in [-0.3, -0.25) is 4.98 Å². The first-order valence-electron chi connectivity index (χ1n) is 12.3. The summed E-state index contributed by atoms with van der Waals surface area (Å²) in [5.41, 5.74) is 12.2. The van der Waals surface area contributed by atoms with Gasteiger partial charge in [0.05, 0.1) is 5.69 Å². The molecule has 0 radical (unpaired) electrons. The third-order valence-corrected chi connectivity index (χ3v) is 7.64. The third kappa shape index (κ3) is 3.18. The van der Waals surface area contributed by atoms with E-state index in [9.17, 15) is 0 Å². The summed E-state index contributed by atoms with van der Waals surface area (Å²) in [7, 11) is 0. The summed E-state index contributed by atoms with van der Waals surface area (Å²) in [6, 6.07) is 23.1. The fourth-order valence-electron chi connectivity index (χ4n) is 5.88. The number of rotatable bonds is 3. The molecule has 1 saturated carbocycles. The Morgan fingerprint density at radius 3 is 2.44 bits per heavy atom. The maximum absolute atomic E-state index is 5.41. The highest BCUT2D eigenvalue weighted by Crippen LogP contribution is 2.44. The summed E-state index contributed by atoms with van der Waals surface area (Å²) in [5, 5.41) is 2.65. The molecule has 32 heavy (non-hydrogen) atoms. The lowest BCUT2D eigenvalue weighted by molar-refractivity contribution is 0.700. The molecular formula is C31H31N. The second kappa shape index (κ2) is 7.59. The van der Waals surface area contributed by atoms with Crippen LogP contribution in [0.4, 0.5) is 0 Å². The second-order valence-corrected chi connectivity index (χ2v) is 10.2. The third-order valence-electron chi connectivity index (χ3n) is 7.64. The minimum absolute atomic E-state index is 0.531. The van der Waals surface area contributed by atoms with Gasteiger partial charge in [0.15, 0.2) is 0 Å². The van der Waals surface area contributed by atoms with Crippen LogP contribution in [-0.4, -0.2) is 4.98 Å². The van der Waals surface area contributed by atoms with E-state index in [0.717, 1.165) is 6.42 Å². The number of hydrogen-bond donors (Lipinski definition) is 0. The van der Waals surface area contributed by atoms with E-state index in [0.29, 0.717) is 11.8 Å². The Morgan fingerprint density at radius 1 is 0.844 bits per heavy atom. The van der Waals surface area contributed by atoms with Crippen molar-refractivity contribution in [3.8, 4) is 22.4 Å². The van der Waals surface area contributed by atoms with E-state index in [1.54, 1.807) is 0 Å². The maximum Gasteiger partial charge on any atom is 0.0786 e. The SMILES string of the molecule is Cc1cc2c(c(-c3nc(C4CCCC4)cc4cc(C(C)C)ccc34)c1)Cc1ccccc1-2. The Hall–Kier alpha value is -2.93. The number of hydrogen-bond acceptors (Lipinski definition) is 1. The minimum Gasteiger partial charge on any atom is -0.252 e. The van der Waals surface area contributed by atoms with Crippen LogP contribution in [0.5, 0.6) is 0 Å². The van der Waals surface area contributed by atoms with E-state index in [-0.39, 0.29) is 0 Å². The summed E-state index contributed by atoms with van der Waals surface area (Å²) in [5.74, 6) is 1.14. The highest BCUT2D eigenvalue weighted by Gasteiger charge is 2.25. The number of nitrogens with zero attached hydrogens (tertiary/aromatic N) is 1. The van der Waals surface area contributed by atoms with E-state index in [1.165, 1.54) is 86.8 Å². The van der Waals surface area contributed by atoms with Gasteiger partial charge in [0.2, 0.25) is 0 Å². The van der Waals surface area contributed by atoms with Gasteiger partial charge in [-0.05, 0) is 83.0 Å². The molecule has 0 N–H and O–H groups in total. The zero-order valence-electron chi connectivity index (χ0n) is 19.4. The van der Waals surface area contributed by atoms with Gasteiger partial charge >= 0.3 is 0 Å². The van der Waals surface area contributed by atoms with Crippen molar-refractivity contribution in [1.82, 2.24) is 4.98 Å². The van der Waals surface area contributed by atoms with Gasteiger partial charge in [-0.1, -0.05) is 75.2 Å². The Kier molecular flexibility index (Phi) is 4.68. The van der Waals surface area contributed by atoms with Crippen molar-refractivity contribution in [2.75, 3.05) is 0 Å².